The van der Waals surface area contributed by atoms with Crippen LogP contribution in [-0.4, -0.2) is 21.6 Å². The molecule has 0 spiro atoms. The molecule has 27 heavy (non-hydrogen) atoms. The summed E-state index contributed by atoms with van der Waals surface area (Å²) in [6.07, 6.45) is 0. The van der Waals surface area contributed by atoms with E-state index in [9.17, 15) is 0 Å². The minimum absolute atomic E-state index is 0.606. The van der Waals surface area contributed by atoms with Crippen LogP contribution in [0.2, 0.25) is 0 Å². The van der Waals surface area contributed by atoms with E-state index in [2.05, 4.69) is 15.6 Å². The number of nitrogens with zero attached hydrogens (tertiary/aromatic N) is 3. The molecule has 2 aromatic heterocycles. The summed E-state index contributed by atoms with van der Waals surface area (Å²) in [5, 5.41) is 0. The molecule has 0 bridgehead atoms. The lowest BCUT2D eigenvalue weighted by Gasteiger charge is -2.08. The Bertz CT molecular complexity index is 1230. The van der Waals surface area contributed by atoms with Crippen molar-refractivity contribution in [3.05, 3.63) is 72.6 Å². The summed E-state index contributed by atoms with van der Waals surface area (Å²) in [4.78, 5) is 9.32. The number of ether oxygens (including phenoxy) is 1. The van der Waals surface area contributed by atoms with Gasteiger partial charge in [-0.15, -0.1) is 0 Å². The van der Waals surface area contributed by atoms with Gasteiger partial charge in [-0.05, 0) is 61.5 Å². The molecule has 0 N–H and O–H groups in total. The first kappa shape index (κ1) is 15.6. The predicted octanol–water partition coefficient (Wildman–Crippen LogP) is 5.15. The van der Waals surface area contributed by atoms with Crippen LogP contribution in [-0.2, 0) is 0 Å². The summed E-state index contributed by atoms with van der Waals surface area (Å²) < 4.78 is 13.3. The van der Waals surface area contributed by atoms with Crippen molar-refractivity contribution < 1.29 is 9.15 Å². The largest absolute Gasteiger partial charge is 0.497 e. The third kappa shape index (κ3) is 2.56. The van der Waals surface area contributed by atoms with E-state index >= 15 is 0 Å². The maximum absolute atomic E-state index is 5.89. The Morgan fingerprint density at radius 2 is 1.70 bits per heavy atom. The van der Waals surface area contributed by atoms with Gasteiger partial charge in [-0.2, -0.15) is 0 Å². The maximum Gasteiger partial charge on any atom is 0.227 e. The molecule has 0 aliphatic heterocycles. The van der Waals surface area contributed by atoms with E-state index in [0.29, 0.717) is 5.89 Å². The zero-order chi connectivity index (χ0) is 18.4. The fraction of sp³-hybridized carbons (Fsp3) is 0.0909. The number of methoxy groups -OCH3 is 1. The predicted molar refractivity (Wildman–Crippen MR) is 105 cm³/mol. The van der Waals surface area contributed by atoms with E-state index in [1.54, 1.807) is 7.11 Å². The first-order valence-electron chi connectivity index (χ1n) is 8.72. The maximum atomic E-state index is 5.89. The number of oxazole rings is 1. The van der Waals surface area contributed by atoms with E-state index in [4.69, 9.17) is 14.1 Å². The lowest BCUT2D eigenvalue weighted by Crippen LogP contribution is -1.96. The van der Waals surface area contributed by atoms with Crippen molar-refractivity contribution in [1.29, 1.82) is 0 Å². The van der Waals surface area contributed by atoms with Crippen LogP contribution in [0.4, 0.5) is 0 Å². The fourth-order valence-electron chi connectivity index (χ4n) is 3.39. The van der Waals surface area contributed by atoms with E-state index in [0.717, 1.165) is 45.0 Å². The van der Waals surface area contributed by atoms with E-state index in [1.807, 2.05) is 67.6 Å². The summed E-state index contributed by atoms with van der Waals surface area (Å²) >= 11 is 0. The molecule has 5 rings (SSSR count). The minimum Gasteiger partial charge on any atom is -0.497 e. The van der Waals surface area contributed by atoms with Gasteiger partial charge in [0.15, 0.2) is 5.58 Å². The van der Waals surface area contributed by atoms with Gasteiger partial charge in [0.2, 0.25) is 5.89 Å². The number of fused-ring (bicyclic) bond motifs is 2. The molecule has 0 saturated carbocycles. The second-order valence-electron chi connectivity index (χ2n) is 6.38. The van der Waals surface area contributed by atoms with E-state index < -0.39 is 0 Å². The van der Waals surface area contributed by atoms with Crippen molar-refractivity contribution in [3.8, 4) is 22.9 Å². The molecule has 5 aromatic rings. The van der Waals surface area contributed by atoms with Crippen LogP contribution in [0.25, 0.3) is 39.3 Å². The van der Waals surface area contributed by atoms with Crippen molar-refractivity contribution in [2.45, 2.75) is 6.92 Å². The Balaban J connectivity index is 1.62. The van der Waals surface area contributed by atoms with Crippen molar-refractivity contribution in [2.75, 3.05) is 7.11 Å². The summed E-state index contributed by atoms with van der Waals surface area (Å²) in [6, 6.07) is 21.8. The van der Waals surface area contributed by atoms with Gasteiger partial charge in [0.1, 0.15) is 17.1 Å². The molecule has 3 aromatic carbocycles. The minimum atomic E-state index is 0.606. The molecule has 0 saturated heterocycles. The van der Waals surface area contributed by atoms with Gasteiger partial charge in [0.05, 0.1) is 18.1 Å². The van der Waals surface area contributed by atoms with Crippen LogP contribution in [0.5, 0.6) is 5.75 Å². The van der Waals surface area contributed by atoms with Gasteiger partial charge in [0, 0.05) is 11.3 Å². The first-order chi connectivity index (χ1) is 13.2. The van der Waals surface area contributed by atoms with Crippen molar-refractivity contribution in [3.63, 3.8) is 0 Å². The SMILES string of the molecule is COc1ccc(-n2c(C)nc3cc(-c4nc5ccccc5o4)ccc32)cc1. The Labute approximate surface area is 155 Å². The van der Waals surface area contributed by atoms with Crippen LogP contribution in [0.1, 0.15) is 5.82 Å². The lowest BCUT2D eigenvalue weighted by molar-refractivity contribution is 0.415. The highest BCUT2D eigenvalue weighted by molar-refractivity contribution is 5.84. The number of aryl methyl sites for hydroxylation is 1. The van der Waals surface area contributed by atoms with Crippen molar-refractivity contribution >= 4 is 22.1 Å². The average Bonchev–Trinajstić information content (AvgIpc) is 3.27. The van der Waals surface area contributed by atoms with Gasteiger partial charge in [-0.1, -0.05) is 12.1 Å². The highest BCUT2D eigenvalue weighted by Gasteiger charge is 2.13. The number of benzene rings is 3. The van der Waals surface area contributed by atoms with Gasteiger partial charge in [-0.25, -0.2) is 9.97 Å². The summed E-state index contributed by atoms with van der Waals surface area (Å²) in [6.45, 7) is 2.00. The molecule has 0 fully saturated rings. The highest BCUT2D eigenvalue weighted by atomic mass is 16.5. The smallest absolute Gasteiger partial charge is 0.227 e. The fourth-order valence-corrected chi connectivity index (χ4v) is 3.39. The van der Waals surface area contributed by atoms with Crippen molar-refractivity contribution in [1.82, 2.24) is 14.5 Å². The van der Waals surface area contributed by atoms with Crippen LogP contribution >= 0.6 is 0 Å². The Morgan fingerprint density at radius 3 is 2.48 bits per heavy atom. The molecule has 0 aliphatic rings. The second-order valence-corrected chi connectivity index (χ2v) is 6.38. The molecular formula is C22H17N3O2. The molecule has 0 unspecified atom stereocenters. The first-order valence-corrected chi connectivity index (χ1v) is 8.72. The third-order valence-corrected chi connectivity index (χ3v) is 4.69. The number of hydrogen-bond acceptors (Lipinski definition) is 4. The number of imidazole rings is 1. The molecule has 5 nitrogen and oxygen atoms in total. The number of aromatic nitrogens is 3. The molecule has 5 heteroatoms. The summed E-state index contributed by atoms with van der Waals surface area (Å²) in [5.74, 6) is 2.36. The monoisotopic (exact) mass is 355 g/mol. The third-order valence-electron chi connectivity index (χ3n) is 4.69. The standard InChI is InChI=1S/C22H17N3O2/c1-14-23-19-13-15(22-24-18-5-3-4-6-21(18)27-22)7-12-20(19)25(14)16-8-10-17(26-2)11-9-16/h3-13H,1-2H3. The van der Waals surface area contributed by atoms with Crippen LogP contribution < -0.4 is 4.74 Å². The number of rotatable bonds is 3. The Morgan fingerprint density at radius 1 is 0.889 bits per heavy atom. The van der Waals surface area contributed by atoms with Gasteiger partial charge in [-0.3, -0.25) is 4.57 Å². The van der Waals surface area contributed by atoms with E-state index in [1.165, 1.54) is 0 Å². The normalized spacial score (nSPS) is 11.3. The van der Waals surface area contributed by atoms with Crippen LogP contribution in [0.15, 0.2) is 71.1 Å². The van der Waals surface area contributed by atoms with Crippen LogP contribution in [0, 0.1) is 6.92 Å². The topological polar surface area (TPSA) is 53.1 Å². The molecule has 0 aliphatic carbocycles. The van der Waals surface area contributed by atoms with Gasteiger partial charge < -0.3 is 9.15 Å². The average molecular weight is 355 g/mol. The van der Waals surface area contributed by atoms with Crippen LogP contribution in [0.3, 0.4) is 0 Å². The molecular weight excluding hydrogens is 338 g/mol. The lowest BCUT2D eigenvalue weighted by atomic mass is 10.2. The van der Waals surface area contributed by atoms with Gasteiger partial charge >= 0.3 is 0 Å². The highest BCUT2D eigenvalue weighted by Crippen LogP contribution is 2.29. The zero-order valence-corrected chi connectivity index (χ0v) is 15.0. The molecule has 0 atom stereocenters. The Kier molecular flexibility index (Phi) is 3.47. The Hall–Kier alpha value is -3.60. The molecule has 132 valence electrons. The number of para-hydroxylation sites is 2. The van der Waals surface area contributed by atoms with Gasteiger partial charge in [0.25, 0.3) is 0 Å². The number of hydrogen-bond donors (Lipinski definition) is 0. The van der Waals surface area contributed by atoms with Crippen molar-refractivity contribution in [2.24, 2.45) is 0 Å². The molecule has 0 radical (unpaired) electrons. The summed E-state index contributed by atoms with van der Waals surface area (Å²) in [5.41, 5.74) is 5.55. The molecule has 2 heterocycles. The zero-order valence-electron chi connectivity index (χ0n) is 15.0. The second kappa shape index (κ2) is 5.99. The summed E-state index contributed by atoms with van der Waals surface area (Å²) in [7, 11) is 1.67. The molecule has 0 amide bonds. The van der Waals surface area contributed by atoms with E-state index in [-0.39, 0.29) is 0 Å². The quantitative estimate of drug-likeness (QED) is 0.449.